The van der Waals surface area contributed by atoms with E-state index in [0.717, 1.165) is 26.2 Å². The second kappa shape index (κ2) is 6.38. The molecule has 0 radical (unpaired) electrons. The molecule has 25 heavy (non-hydrogen) atoms. The van der Waals surface area contributed by atoms with Gasteiger partial charge in [0.1, 0.15) is 44.2 Å². The van der Waals surface area contributed by atoms with Crippen LogP contribution in [0.5, 0.6) is 11.5 Å². The molecule has 3 N–H and O–H groups in total. The van der Waals surface area contributed by atoms with Crippen molar-refractivity contribution in [3.05, 3.63) is 53.2 Å². The third-order valence-electron chi connectivity index (χ3n) is 4.97. The number of carbonyl (C=O) groups excluding carboxylic acids is 1. The van der Waals surface area contributed by atoms with E-state index < -0.39 is 0 Å². The minimum absolute atomic E-state index is 0.175. The highest BCUT2D eigenvalue weighted by atomic mass is 16.5. The normalized spacial score (nSPS) is 24.4. The molecule has 0 bridgehead atoms. The van der Waals surface area contributed by atoms with Crippen LogP contribution in [0.2, 0.25) is 0 Å². The molecule has 2 aromatic rings. The Kier molecular flexibility index (Phi) is 4.07. The molecule has 2 aliphatic rings. The molecule has 0 saturated carbocycles. The van der Waals surface area contributed by atoms with Crippen molar-refractivity contribution in [1.29, 1.82) is 0 Å². The van der Waals surface area contributed by atoms with Gasteiger partial charge >= 0.3 is 0 Å². The third-order valence-corrected chi connectivity index (χ3v) is 4.97. The van der Waals surface area contributed by atoms with E-state index in [1.54, 1.807) is 36.6 Å². The number of phenolic OH excluding ortho intramolecular Hbond substituents is 1. The van der Waals surface area contributed by atoms with E-state index in [1.807, 2.05) is 0 Å². The number of aromatic hydroxyl groups is 1. The zero-order chi connectivity index (χ0) is 17.4. The zero-order valence-corrected chi connectivity index (χ0v) is 14.2. The number of benzene rings is 1. The predicted molar refractivity (Wildman–Crippen MR) is 90.8 cm³/mol. The molecule has 1 fully saturated rings. The van der Waals surface area contributed by atoms with Crippen LogP contribution in [0.3, 0.4) is 0 Å². The average molecular weight is 342 g/mol. The molecule has 0 unspecified atom stereocenters. The fourth-order valence-electron chi connectivity index (χ4n) is 3.43. The average Bonchev–Trinajstić information content (AvgIpc) is 3.22. The summed E-state index contributed by atoms with van der Waals surface area (Å²) in [6.45, 7) is 4.95. The number of phenols is 1. The number of rotatable bonds is 3. The number of likely N-dealkylation sites (N-methyl/N-ethyl adjacent to an activating group) is 1. The van der Waals surface area contributed by atoms with Crippen molar-refractivity contribution < 1.29 is 28.9 Å². The first-order valence-electron chi connectivity index (χ1n) is 8.59. The molecule has 6 nitrogen and oxygen atoms in total. The van der Waals surface area contributed by atoms with Gasteiger partial charge in [-0.2, -0.15) is 0 Å². The molecular formula is C19H22N2O4+2. The highest BCUT2D eigenvalue weighted by molar-refractivity contribution is 6.14. The van der Waals surface area contributed by atoms with Crippen molar-refractivity contribution in [2.24, 2.45) is 0 Å². The van der Waals surface area contributed by atoms with Gasteiger partial charge in [0, 0.05) is 6.08 Å². The van der Waals surface area contributed by atoms with Crippen molar-refractivity contribution in [3.63, 3.8) is 0 Å². The van der Waals surface area contributed by atoms with Crippen molar-refractivity contribution in [3.8, 4) is 11.5 Å². The predicted octanol–water partition coefficient (Wildman–Crippen LogP) is -0.485. The maximum Gasteiger partial charge on any atom is 0.232 e. The number of ether oxygens (including phenoxy) is 1. The Hall–Kier alpha value is -2.57. The van der Waals surface area contributed by atoms with Gasteiger partial charge in [0.15, 0.2) is 11.5 Å². The van der Waals surface area contributed by atoms with Crippen LogP contribution in [-0.4, -0.2) is 44.1 Å². The standard InChI is InChI=1S/C19H20N2O4/c1-20-6-8-21(9-7-20)12-15-16(22)5-4-14-18(23)17(25-19(14)15)11-13-3-2-10-24-13/h2-5,10-11,22H,6-9,12H2,1H3/p+2/b17-11-. The van der Waals surface area contributed by atoms with E-state index in [2.05, 4.69) is 7.05 Å². The number of ketones is 1. The number of carbonyl (C=O) groups is 1. The molecule has 2 aliphatic heterocycles. The van der Waals surface area contributed by atoms with Crippen molar-refractivity contribution in [2.75, 3.05) is 33.2 Å². The molecule has 130 valence electrons. The summed E-state index contributed by atoms with van der Waals surface area (Å²) in [6, 6.07) is 6.74. The molecule has 6 heteroatoms. The first-order valence-corrected chi connectivity index (χ1v) is 8.59. The largest absolute Gasteiger partial charge is 0.507 e. The van der Waals surface area contributed by atoms with Gasteiger partial charge in [-0.25, -0.2) is 0 Å². The van der Waals surface area contributed by atoms with E-state index in [4.69, 9.17) is 9.15 Å². The number of fused-ring (bicyclic) bond motifs is 1. The van der Waals surface area contributed by atoms with Crippen LogP contribution in [0.15, 0.2) is 40.7 Å². The molecule has 3 heterocycles. The SMILES string of the molecule is C[NH+]1CC[NH+](Cc2c(O)ccc3c2O/C(=C\c2ccco2)C3=O)CC1. The zero-order valence-electron chi connectivity index (χ0n) is 14.2. The summed E-state index contributed by atoms with van der Waals surface area (Å²) < 4.78 is 11.1. The minimum Gasteiger partial charge on any atom is -0.507 e. The van der Waals surface area contributed by atoms with Gasteiger partial charge in [-0.15, -0.1) is 0 Å². The Labute approximate surface area is 145 Å². The molecule has 1 aromatic carbocycles. The van der Waals surface area contributed by atoms with Gasteiger partial charge in [0.05, 0.1) is 24.4 Å². The lowest BCUT2D eigenvalue weighted by molar-refractivity contribution is -1.01. The van der Waals surface area contributed by atoms with E-state index >= 15 is 0 Å². The van der Waals surface area contributed by atoms with Crippen LogP contribution in [0.1, 0.15) is 21.7 Å². The van der Waals surface area contributed by atoms with E-state index in [9.17, 15) is 9.90 Å². The topological polar surface area (TPSA) is 68.6 Å². The number of piperazine rings is 1. The molecule has 0 amide bonds. The fourth-order valence-corrected chi connectivity index (χ4v) is 3.43. The summed E-state index contributed by atoms with van der Waals surface area (Å²) in [4.78, 5) is 15.5. The van der Waals surface area contributed by atoms with Crippen LogP contribution in [0.25, 0.3) is 6.08 Å². The Balaban J connectivity index is 1.62. The van der Waals surface area contributed by atoms with Crippen molar-refractivity contribution in [1.82, 2.24) is 0 Å². The van der Waals surface area contributed by atoms with Gasteiger partial charge in [-0.1, -0.05) is 0 Å². The van der Waals surface area contributed by atoms with Crippen LogP contribution in [-0.2, 0) is 6.54 Å². The molecule has 1 aromatic heterocycles. The van der Waals surface area contributed by atoms with Gasteiger partial charge in [-0.3, -0.25) is 4.79 Å². The van der Waals surface area contributed by atoms with Crippen LogP contribution in [0.4, 0.5) is 0 Å². The fraction of sp³-hybridized carbons (Fsp3) is 0.316. The number of hydrogen-bond donors (Lipinski definition) is 3. The number of Topliss-reactive ketones (excluding diaryl/α,β-unsaturated/α-hetero) is 1. The highest BCUT2D eigenvalue weighted by Gasteiger charge is 2.33. The summed E-state index contributed by atoms with van der Waals surface area (Å²) >= 11 is 0. The summed E-state index contributed by atoms with van der Waals surface area (Å²) in [5.41, 5.74) is 1.22. The number of allylic oxidation sites excluding steroid dienone is 1. The van der Waals surface area contributed by atoms with E-state index in [1.165, 1.54) is 9.80 Å². The van der Waals surface area contributed by atoms with Crippen LogP contribution < -0.4 is 14.5 Å². The summed E-state index contributed by atoms with van der Waals surface area (Å²) in [7, 11) is 2.20. The molecular weight excluding hydrogens is 320 g/mol. The van der Waals surface area contributed by atoms with Crippen LogP contribution >= 0.6 is 0 Å². The summed E-state index contributed by atoms with van der Waals surface area (Å²) in [6.07, 6.45) is 3.14. The second-order valence-corrected chi connectivity index (χ2v) is 6.78. The molecule has 0 aliphatic carbocycles. The van der Waals surface area contributed by atoms with E-state index in [-0.39, 0.29) is 17.3 Å². The Bertz CT molecular complexity index is 818. The molecule has 4 rings (SSSR count). The monoisotopic (exact) mass is 342 g/mol. The van der Waals surface area contributed by atoms with Gasteiger partial charge in [0.25, 0.3) is 0 Å². The lowest BCUT2D eigenvalue weighted by Crippen LogP contribution is -3.26. The van der Waals surface area contributed by atoms with Gasteiger partial charge < -0.3 is 24.1 Å². The lowest BCUT2D eigenvalue weighted by Gasteiger charge is -2.27. The number of hydrogen-bond acceptors (Lipinski definition) is 4. The molecule has 1 saturated heterocycles. The Morgan fingerprint density at radius 1 is 1.20 bits per heavy atom. The quantitative estimate of drug-likeness (QED) is 0.659. The van der Waals surface area contributed by atoms with Crippen molar-refractivity contribution >= 4 is 11.9 Å². The maximum atomic E-state index is 12.6. The maximum absolute atomic E-state index is 12.6. The van der Waals surface area contributed by atoms with Crippen LogP contribution in [0, 0.1) is 0 Å². The number of quaternary nitrogens is 2. The van der Waals surface area contributed by atoms with Crippen molar-refractivity contribution in [2.45, 2.75) is 6.54 Å². The molecule has 0 atom stereocenters. The summed E-state index contributed by atoms with van der Waals surface area (Å²) in [5.74, 6) is 1.29. The number of nitrogens with one attached hydrogen (secondary N) is 2. The van der Waals surface area contributed by atoms with Gasteiger partial charge in [-0.05, 0) is 24.3 Å². The molecule has 0 spiro atoms. The summed E-state index contributed by atoms with van der Waals surface area (Å²) in [5, 5.41) is 10.3. The highest BCUT2D eigenvalue weighted by Crippen LogP contribution is 2.39. The smallest absolute Gasteiger partial charge is 0.232 e. The van der Waals surface area contributed by atoms with E-state index in [0.29, 0.717) is 29.2 Å². The Morgan fingerprint density at radius 2 is 2.00 bits per heavy atom. The first-order chi connectivity index (χ1) is 12.1. The lowest BCUT2D eigenvalue weighted by atomic mass is 10.0. The minimum atomic E-state index is -0.175. The Morgan fingerprint density at radius 3 is 2.72 bits per heavy atom. The second-order valence-electron chi connectivity index (χ2n) is 6.78. The third kappa shape index (κ3) is 3.06. The van der Waals surface area contributed by atoms with Gasteiger partial charge in [0.2, 0.25) is 5.78 Å². The first kappa shape index (κ1) is 15.9. The number of furan rings is 1.